The average molecular weight is 423 g/mol. The predicted octanol–water partition coefficient (Wildman–Crippen LogP) is 0.792. The zero-order chi connectivity index (χ0) is 22.3. The lowest BCUT2D eigenvalue weighted by Gasteiger charge is -2.35. The van der Waals surface area contributed by atoms with Gasteiger partial charge in [0.1, 0.15) is 6.61 Å². The van der Waals surface area contributed by atoms with Crippen LogP contribution in [0.1, 0.15) is 40.5 Å². The van der Waals surface area contributed by atoms with Gasteiger partial charge in [0.05, 0.1) is 6.10 Å². The number of hydrogen-bond donors (Lipinski definition) is 0. The fourth-order valence-electron chi connectivity index (χ4n) is 3.98. The summed E-state index contributed by atoms with van der Waals surface area (Å²) < 4.78 is 22.0. The van der Waals surface area contributed by atoms with Crippen molar-refractivity contribution in [1.82, 2.24) is 4.90 Å². The number of cyclic esters (lactones) is 1. The zero-order valence-electron chi connectivity index (χ0n) is 18.1. The first-order chi connectivity index (χ1) is 14.0. The fraction of sp³-hybridized carbons (Fsp3) is 0.714. The number of Topliss-reactive ketones (excluding diaryl/α,β-unsaturated/α-hetero) is 1. The summed E-state index contributed by atoms with van der Waals surface area (Å²) in [4.78, 5) is 52.7. The molecule has 0 N–H and O–H groups in total. The summed E-state index contributed by atoms with van der Waals surface area (Å²) in [6.45, 7) is 6.82. The van der Waals surface area contributed by atoms with Crippen LogP contribution >= 0.6 is 0 Å². The maximum atomic E-state index is 13.1. The van der Waals surface area contributed by atoms with Gasteiger partial charge in [-0.05, 0) is 27.3 Å². The second-order valence-electron chi connectivity index (χ2n) is 8.57. The Balaban J connectivity index is 2.01. The number of nitrogens with zero attached hydrogens (tertiary/aromatic N) is 1. The van der Waals surface area contributed by atoms with Crippen LogP contribution in [0.5, 0.6) is 0 Å². The van der Waals surface area contributed by atoms with Crippen molar-refractivity contribution in [3.05, 3.63) is 11.6 Å². The first-order valence-electron chi connectivity index (χ1n) is 10.2. The van der Waals surface area contributed by atoms with Gasteiger partial charge >= 0.3 is 17.9 Å². The lowest BCUT2D eigenvalue weighted by Crippen LogP contribution is -2.50. The normalized spacial score (nSPS) is 40.0. The summed E-state index contributed by atoms with van der Waals surface area (Å²) in [5.41, 5.74) is -2.70. The molecule has 2 bridgehead atoms. The summed E-state index contributed by atoms with van der Waals surface area (Å²) in [6.07, 6.45) is 0.648. The third kappa shape index (κ3) is 4.13. The van der Waals surface area contributed by atoms with Gasteiger partial charge in [-0.2, -0.15) is 0 Å². The predicted molar refractivity (Wildman–Crippen MR) is 103 cm³/mol. The van der Waals surface area contributed by atoms with Gasteiger partial charge in [0.15, 0.2) is 11.7 Å². The monoisotopic (exact) mass is 423 g/mol. The lowest BCUT2D eigenvalue weighted by molar-refractivity contribution is -0.187. The molecule has 0 aromatic carbocycles. The first-order valence-corrected chi connectivity index (χ1v) is 10.2. The van der Waals surface area contributed by atoms with Crippen molar-refractivity contribution in [2.45, 2.75) is 63.9 Å². The summed E-state index contributed by atoms with van der Waals surface area (Å²) in [6, 6.07) is 0. The van der Waals surface area contributed by atoms with Crippen LogP contribution in [0.3, 0.4) is 0 Å². The Labute approximate surface area is 175 Å². The van der Waals surface area contributed by atoms with Gasteiger partial charge in [-0.25, -0.2) is 9.59 Å². The number of carbonyl (C=O) groups excluding carboxylic acids is 4. The highest BCUT2D eigenvalue weighted by Gasteiger charge is 2.64. The molecule has 0 unspecified atom stereocenters. The number of esters is 3. The van der Waals surface area contributed by atoms with Gasteiger partial charge in [0.25, 0.3) is 0 Å². The molecule has 3 aliphatic heterocycles. The molecular formula is C21H29NO8. The van der Waals surface area contributed by atoms with Gasteiger partial charge in [0, 0.05) is 37.9 Å². The largest absolute Gasteiger partial charge is 0.458 e. The van der Waals surface area contributed by atoms with E-state index < -0.39 is 53.0 Å². The van der Waals surface area contributed by atoms with E-state index in [1.807, 2.05) is 11.9 Å². The number of ether oxygens (including phenoxy) is 4. The Morgan fingerprint density at radius 1 is 1.23 bits per heavy atom. The van der Waals surface area contributed by atoms with Gasteiger partial charge in [0.2, 0.25) is 11.4 Å². The second kappa shape index (κ2) is 8.11. The quantitative estimate of drug-likeness (QED) is 0.343. The maximum absolute atomic E-state index is 13.1. The van der Waals surface area contributed by atoms with Crippen LogP contribution in [0.2, 0.25) is 0 Å². The Morgan fingerprint density at radius 3 is 2.50 bits per heavy atom. The van der Waals surface area contributed by atoms with Crippen LogP contribution in [0.25, 0.3) is 0 Å². The van der Waals surface area contributed by atoms with Crippen molar-refractivity contribution in [3.63, 3.8) is 0 Å². The highest BCUT2D eigenvalue weighted by atomic mass is 16.7. The van der Waals surface area contributed by atoms with Gasteiger partial charge < -0.3 is 23.8 Å². The minimum absolute atomic E-state index is 0.0788. The molecule has 9 heteroatoms. The molecule has 0 aromatic rings. The van der Waals surface area contributed by atoms with E-state index in [1.54, 1.807) is 19.9 Å². The van der Waals surface area contributed by atoms with E-state index in [-0.39, 0.29) is 18.6 Å². The highest BCUT2D eigenvalue weighted by molar-refractivity contribution is 6.01. The Morgan fingerprint density at radius 2 is 1.90 bits per heavy atom. The molecule has 9 nitrogen and oxygen atoms in total. The molecule has 0 radical (unpaired) electrons. The van der Waals surface area contributed by atoms with E-state index in [0.29, 0.717) is 19.5 Å². The number of epoxide rings is 1. The minimum atomic E-state index is -1.65. The van der Waals surface area contributed by atoms with E-state index in [9.17, 15) is 19.2 Å². The molecule has 2 fully saturated rings. The molecule has 0 amide bonds. The van der Waals surface area contributed by atoms with Crippen LogP contribution in [0.4, 0.5) is 0 Å². The van der Waals surface area contributed by atoms with Gasteiger partial charge in [-0.15, -0.1) is 0 Å². The number of fused-ring (bicyclic) bond motifs is 2. The third-order valence-electron chi connectivity index (χ3n) is 6.28. The molecular weight excluding hydrogens is 394 g/mol. The number of likely N-dealkylation sites (N-methyl/N-ethyl adjacent to an activating group) is 1. The molecule has 30 heavy (non-hydrogen) atoms. The minimum Gasteiger partial charge on any atom is -0.458 e. The Kier molecular flexibility index (Phi) is 6.06. The summed E-state index contributed by atoms with van der Waals surface area (Å²) in [5, 5.41) is 0. The molecule has 3 aliphatic rings. The molecule has 0 saturated carbocycles. The van der Waals surface area contributed by atoms with E-state index >= 15 is 0 Å². The van der Waals surface area contributed by atoms with Crippen molar-refractivity contribution in [2.24, 2.45) is 5.92 Å². The number of rotatable bonds is 1. The van der Waals surface area contributed by atoms with Crippen LogP contribution in [-0.2, 0) is 38.1 Å². The number of carbonyl (C=O) groups is 4. The molecule has 3 rings (SSSR count). The average Bonchev–Trinajstić information content (AvgIpc) is 3.32. The maximum Gasteiger partial charge on any atom is 0.350 e. The summed E-state index contributed by atoms with van der Waals surface area (Å²) in [5.74, 6) is -3.06. The van der Waals surface area contributed by atoms with Crippen LogP contribution in [0, 0.1) is 5.92 Å². The lowest BCUT2D eigenvalue weighted by atomic mass is 9.81. The summed E-state index contributed by atoms with van der Waals surface area (Å²) >= 11 is 0. The SMILES string of the molecule is CC(=O)O[C@@]1(C)C(=O)OC/C2=C/CN(C)CC[C@@H](OC(=O)[C@]3(C[C@H]1C)O[C@@H]3C)C2=O. The summed E-state index contributed by atoms with van der Waals surface area (Å²) in [7, 11) is 1.88. The number of hydrogen-bond acceptors (Lipinski definition) is 9. The van der Waals surface area contributed by atoms with E-state index in [0.717, 1.165) is 0 Å². The molecule has 3 heterocycles. The van der Waals surface area contributed by atoms with Crippen LogP contribution in [-0.4, -0.2) is 78.7 Å². The smallest absolute Gasteiger partial charge is 0.350 e. The van der Waals surface area contributed by atoms with Crippen molar-refractivity contribution in [2.75, 3.05) is 26.7 Å². The van der Waals surface area contributed by atoms with Gasteiger partial charge in [-0.1, -0.05) is 13.0 Å². The first kappa shape index (κ1) is 22.4. The molecule has 0 aliphatic carbocycles. The van der Waals surface area contributed by atoms with E-state index in [4.69, 9.17) is 18.9 Å². The molecule has 166 valence electrons. The Bertz CT molecular complexity index is 792. The third-order valence-corrected chi connectivity index (χ3v) is 6.28. The Hall–Kier alpha value is -2.26. The van der Waals surface area contributed by atoms with Crippen LogP contribution < -0.4 is 0 Å². The highest BCUT2D eigenvalue weighted by Crippen LogP contribution is 2.46. The topological polar surface area (TPSA) is 112 Å². The van der Waals surface area contributed by atoms with Crippen molar-refractivity contribution < 1.29 is 38.1 Å². The second-order valence-corrected chi connectivity index (χ2v) is 8.57. The van der Waals surface area contributed by atoms with Crippen molar-refractivity contribution in [1.29, 1.82) is 0 Å². The molecule has 0 aromatic heterocycles. The van der Waals surface area contributed by atoms with E-state index in [1.165, 1.54) is 13.8 Å². The zero-order valence-corrected chi connectivity index (χ0v) is 18.1. The molecule has 2 saturated heterocycles. The van der Waals surface area contributed by atoms with Crippen molar-refractivity contribution in [3.8, 4) is 0 Å². The van der Waals surface area contributed by atoms with Crippen LogP contribution in [0.15, 0.2) is 11.6 Å². The molecule has 5 atom stereocenters. The number of ketones is 1. The van der Waals surface area contributed by atoms with E-state index in [2.05, 4.69) is 0 Å². The fourth-order valence-corrected chi connectivity index (χ4v) is 3.98. The standard InChI is InChI=1S/C21H29NO8/c1-12-10-21(13(2)29-21)19(26)28-16-7-9-22(5)8-6-15(17(16)24)11-27-18(25)20(12,4)30-14(3)23/h6,12-13,16H,7-11H2,1-5H3/b15-6-/t12-,13-,16-,20-,21-/m1/s1. The molecule has 1 spiro atoms. The van der Waals surface area contributed by atoms with Crippen molar-refractivity contribution >= 4 is 23.7 Å². The van der Waals surface area contributed by atoms with Gasteiger partial charge in [-0.3, -0.25) is 9.59 Å².